The molecule has 1 aromatic heterocycles. The Morgan fingerprint density at radius 1 is 0.977 bits per heavy atom. The maximum atomic E-state index is 14.7. The van der Waals surface area contributed by atoms with Crippen molar-refractivity contribution in [1.29, 1.82) is 0 Å². The number of amides is 1. The normalized spacial score (nSPS) is 14.6. The Balaban J connectivity index is 1.49. The molecule has 0 unspecified atom stereocenters. The van der Waals surface area contributed by atoms with Crippen molar-refractivity contribution >= 4 is 45.3 Å². The van der Waals surface area contributed by atoms with Crippen LogP contribution in [0.2, 0.25) is 5.02 Å². The molecule has 0 fully saturated rings. The molecule has 2 heterocycles. The predicted molar refractivity (Wildman–Crippen MR) is 164 cm³/mol. The lowest BCUT2D eigenvalue weighted by atomic mass is 10.1. The first kappa shape index (κ1) is 30.9. The highest BCUT2D eigenvalue weighted by Gasteiger charge is 2.39. The van der Waals surface area contributed by atoms with E-state index in [-0.39, 0.29) is 46.3 Å². The van der Waals surface area contributed by atoms with E-state index in [1.807, 2.05) is 31.2 Å². The van der Waals surface area contributed by atoms with Crippen LogP contribution in [-0.2, 0) is 37.4 Å². The molecule has 0 spiro atoms. The van der Waals surface area contributed by atoms with E-state index in [1.54, 1.807) is 18.2 Å². The van der Waals surface area contributed by atoms with Gasteiger partial charge in [0.05, 0.1) is 35.4 Å². The van der Waals surface area contributed by atoms with E-state index in [0.29, 0.717) is 10.8 Å². The van der Waals surface area contributed by atoms with Crippen LogP contribution < -0.4 is 4.90 Å². The average Bonchev–Trinajstić information content (AvgIpc) is 3.54. The number of methoxy groups -OCH3 is 1. The van der Waals surface area contributed by atoms with E-state index in [1.165, 1.54) is 66.9 Å². The number of anilines is 1. The third-order valence-electron chi connectivity index (χ3n) is 7.12. The van der Waals surface area contributed by atoms with Gasteiger partial charge < -0.3 is 9.15 Å². The molecular weight excluding hydrogens is 607 g/mol. The first-order valence-electron chi connectivity index (χ1n) is 13.5. The molecule has 11 heteroatoms. The molecule has 1 amide bonds. The lowest BCUT2D eigenvalue weighted by molar-refractivity contribution is -0.136. The molecule has 4 aromatic rings. The van der Waals surface area contributed by atoms with Crippen molar-refractivity contribution in [3.8, 4) is 0 Å². The number of para-hydroxylation sites is 1. The number of carbonyl (C=O) groups excluding carboxylic acids is 2. The standard InChI is InChI=1S/C33H28ClFN2O6S/c1-21-8-10-23(11-9-21)19-36(44(40,41)27-16-12-24(34)13-17-27)20-26-15-14-25(43-26)18-28-31(33(39)42-3)22(2)37(32(28)38)30-7-5-4-6-29(30)35/h4-18H,19-20H2,1-3H3/b28-18+. The van der Waals surface area contributed by atoms with E-state index < -0.39 is 27.7 Å². The van der Waals surface area contributed by atoms with Crippen molar-refractivity contribution in [3.05, 3.63) is 135 Å². The highest BCUT2D eigenvalue weighted by molar-refractivity contribution is 7.89. The summed E-state index contributed by atoms with van der Waals surface area (Å²) in [4.78, 5) is 27.4. The number of hydrogen-bond donors (Lipinski definition) is 0. The molecule has 44 heavy (non-hydrogen) atoms. The van der Waals surface area contributed by atoms with Crippen molar-refractivity contribution in [1.82, 2.24) is 4.31 Å². The van der Waals surface area contributed by atoms with Crippen LogP contribution in [0.15, 0.2) is 111 Å². The summed E-state index contributed by atoms with van der Waals surface area (Å²) in [6.07, 6.45) is 1.36. The largest absolute Gasteiger partial charge is 0.465 e. The Morgan fingerprint density at radius 2 is 1.66 bits per heavy atom. The molecule has 0 saturated carbocycles. The summed E-state index contributed by atoms with van der Waals surface area (Å²) in [5.41, 5.74) is 1.90. The van der Waals surface area contributed by atoms with Crippen LogP contribution in [0.3, 0.4) is 0 Å². The number of carbonyl (C=O) groups is 2. The first-order valence-corrected chi connectivity index (χ1v) is 15.3. The van der Waals surface area contributed by atoms with Crippen LogP contribution in [0.25, 0.3) is 6.08 Å². The molecule has 8 nitrogen and oxygen atoms in total. The average molecular weight is 635 g/mol. The fourth-order valence-corrected chi connectivity index (χ4v) is 6.38. The number of halogens is 2. The Kier molecular flexibility index (Phi) is 8.87. The fourth-order valence-electron chi connectivity index (χ4n) is 4.85. The van der Waals surface area contributed by atoms with Crippen LogP contribution in [0.5, 0.6) is 0 Å². The van der Waals surface area contributed by atoms with E-state index in [9.17, 15) is 22.4 Å². The molecule has 0 aliphatic carbocycles. The Labute approximate surface area is 259 Å². The van der Waals surface area contributed by atoms with Gasteiger partial charge in [0, 0.05) is 17.3 Å². The van der Waals surface area contributed by atoms with Gasteiger partial charge in [-0.15, -0.1) is 0 Å². The highest BCUT2D eigenvalue weighted by atomic mass is 35.5. The SMILES string of the molecule is COC(=O)C1=C(C)N(c2ccccc2F)C(=O)/C1=C/c1ccc(CN(Cc2ccc(C)cc2)S(=O)(=O)c2ccc(Cl)cc2)o1. The Hall–Kier alpha value is -4.51. The number of furan rings is 1. The number of rotatable bonds is 9. The first-order chi connectivity index (χ1) is 21.0. The molecule has 3 aromatic carbocycles. The van der Waals surface area contributed by atoms with Gasteiger partial charge in [-0.3, -0.25) is 9.69 Å². The molecule has 0 N–H and O–H groups in total. The molecule has 0 bridgehead atoms. The Bertz CT molecular complexity index is 1900. The maximum absolute atomic E-state index is 14.7. The third-order valence-corrected chi connectivity index (χ3v) is 9.17. The molecule has 0 atom stereocenters. The van der Waals surface area contributed by atoms with Crippen molar-refractivity contribution in [3.63, 3.8) is 0 Å². The number of esters is 1. The summed E-state index contributed by atoms with van der Waals surface area (Å²) in [6, 6.07) is 22.3. The van der Waals surface area contributed by atoms with Crippen molar-refractivity contribution in [2.75, 3.05) is 12.0 Å². The van der Waals surface area contributed by atoms with Crippen LogP contribution in [0.1, 0.15) is 29.6 Å². The summed E-state index contributed by atoms with van der Waals surface area (Å²) >= 11 is 5.99. The topological polar surface area (TPSA) is 97.1 Å². The lowest BCUT2D eigenvalue weighted by Crippen LogP contribution is -2.30. The van der Waals surface area contributed by atoms with E-state index in [2.05, 4.69) is 0 Å². The molecular formula is C33H28ClFN2O6S. The number of aryl methyl sites for hydroxylation is 1. The monoisotopic (exact) mass is 634 g/mol. The summed E-state index contributed by atoms with van der Waals surface area (Å²) in [5.74, 6) is -1.57. The predicted octanol–water partition coefficient (Wildman–Crippen LogP) is 6.65. The van der Waals surface area contributed by atoms with Gasteiger partial charge >= 0.3 is 5.97 Å². The highest BCUT2D eigenvalue weighted by Crippen LogP contribution is 2.37. The van der Waals surface area contributed by atoms with Gasteiger partial charge in [0.15, 0.2) is 0 Å². The zero-order valence-corrected chi connectivity index (χ0v) is 25.7. The second kappa shape index (κ2) is 12.6. The second-order valence-electron chi connectivity index (χ2n) is 10.1. The van der Waals surface area contributed by atoms with Gasteiger partial charge in [0.25, 0.3) is 5.91 Å². The van der Waals surface area contributed by atoms with Gasteiger partial charge in [-0.25, -0.2) is 17.6 Å². The smallest absolute Gasteiger partial charge is 0.340 e. The minimum atomic E-state index is -3.98. The number of sulfonamides is 1. The molecule has 5 rings (SSSR count). The minimum absolute atomic E-state index is 0.0147. The van der Waals surface area contributed by atoms with Crippen LogP contribution in [0.4, 0.5) is 10.1 Å². The van der Waals surface area contributed by atoms with Gasteiger partial charge in [-0.1, -0.05) is 53.6 Å². The number of allylic oxidation sites excluding steroid dienone is 1. The molecule has 226 valence electrons. The van der Waals surface area contributed by atoms with Gasteiger partial charge in [-0.05, 0) is 74.0 Å². The zero-order valence-electron chi connectivity index (χ0n) is 24.1. The summed E-state index contributed by atoms with van der Waals surface area (Å²) in [7, 11) is -2.80. The van der Waals surface area contributed by atoms with E-state index in [0.717, 1.165) is 16.0 Å². The molecule has 1 aliphatic rings. The van der Waals surface area contributed by atoms with Crippen molar-refractivity contribution in [2.45, 2.75) is 31.8 Å². The number of nitrogens with zero attached hydrogens (tertiary/aromatic N) is 2. The Morgan fingerprint density at radius 3 is 2.32 bits per heavy atom. The third kappa shape index (κ3) is 6.23. The molecule has 1 aliphatic heterocycles. The van der Waals surface area contributed by atoms with Gasteiger partial charge in [-0.2, -0.15) is 4.31 Å². The van der Waals surface area contributed by atoms with Crippen molar-refractivity contribution in [2.24, 2.45) is 0 Å². The number of ether oxygens (including phenoxy) is 1. The lowest BCUT2D eigenvalue weighted by Gasteiger charge is -2.21. The van der Waals surface area contributed by atoms with Crippen LogP contribution in [0, 0.1) is 12.7 Å². The quantitative estimate of drug-likeness (QED) is 0.151. The van der Waals surface area contributed by atoms with Crippen LogP contribution >= 0.6 is 11.6 Å². The number of benzene rings is 3. The summed E-state index contributed by atoms with van der Waals surface area (Å²) < 4.78 is 54.3. The molecule has 0 saturated heterocycles. The fraction of sp³-hybridized carbons (Fsp3) is 0.152. The second-order valence-corrected chi connectivity index (χ2v) is 12.5. The van der Waals surface area contributed by atoms with Gasteiger partial charge in [0.1, 0.15) is 17.3 Å². The zero-order chi connectivity index (χ0) is 31.6. The van der Waals surface area contributed by atoms with E-state index in [4.69, 9.17) is 20.8 Å². The van der Waals surface area contributed by atoms with Crippen molar-refractivity contribution < 1.29 is 31.6 Å². The summed E-state index contributed by atoms with van der Waals surface area (Å²) in [5, 5.41) is 0.406. The van der Waals surface area contributed by atoms with E-state index >= 15 is 0 Å². The summed E-state index contributed by atoms with van der Waals surface area (Å²) in [6.45, 7) is 3.40. The maximum Gasteiger partial charge on any atom is 0.340 e. The molecule has 0 radical (unpaired) electrons. The number of hydrogen-bond acceptors (Lipinski definition) is 6. The van der Waals surface area contributed by atoms with Gasteiger partial charge in [0.2, 0.25) is 10.0 Å². The minimum Gasteiger partial charge on any atom is -0.465 e. The van der Waals surface area contributed by atoms with Crippen LogP contribution in [-0.4, -0.2) is 31.7 Å².